The molecule has 11 heteroatoms. The quantitative estimate of drug-likeness (QED) is 0.464. The Morgan fingerprint density at radius 3 is 2.63 bits per heavy atom. The van der Waals surface area contributed by atoms with Crippen LogP contribution in [-0.2, 0) is 18.3 Å². The highest BCUT2D eigenvalue weighted by atomic mass is 16.5. The number of carbonyl (C=O) groups excluding carboxylic acids is 1. The molecule has 0 saturated carbocycles. The van der Waals surface area contributed by atoms with Crippen LogP contribution in [0.3, 0.4) is 0 Å². The Kier molecular flexibility index (Phi) is 6.25. The van der Waals surface area contributed by atoms with Crippen LogP contribution in [0.5, 0.6) is 0 Å². The van der Waals surface area contributed by atoms with Crippen molar-refractivity contribution in [1.82, 2.24) is 24.6 Å². The molecule has 0 aliphatic carbocycles. The van der Waals surface area contributed by atoms with Gasteiger partial charge < -0.3 is 20.3 Å². The van der Waals surface area contributed by atoms with Crippen LogP contribution in [0.2, 0.25) is 0 Å². The molecule has 11 nitrogen and oxygen atoms in total. The largest absolute Gasteiger partial charge is 0.388 e. The normalized spacial score (nSPS) is 24.2. The third-order valence-corrected chi connectivity index (χ3v) is 5.28. The first kappa shape index (κ1) is 21.9. The van der Waals surface area contributed by atoms with Crippen molar-refractivity contribution in [2.75, 3.05) is 6.61 Å². The zero-order valence-corrected chi connectivity index (χ0v) is 17.3. The number of carbonyl (C=O) groups is 1. The molecule has 4 atom stereocenters. The molecule has 2 aromatic rings. The first-order valence-corrected chi connectivity index (χ1v) is 9.71. The van der Waals surface area contributed by atoms with Gasteiger partial charge in [-0.2, -0.15) is 5.10 Å². The number of aromatic nitrogens is 4. The Balaban J connectivity index is 1.69. The number of rotatable bonds is 5. The maximum atomic E-state index is 12.6. The first-order chi connectivity index (χ1) is 14.1. The summed E-state index contributed by atoms with van der Waals surface area (Å²) in [6.45, 7) is 5.41. The van der Waals surface area contributed by atoms with E-state index in [1.165, 1.54) is 15.3 Å². The molecule has 0 radical (unpaired) electrons. The van der Waals surface area contributed by atoms with Crippen LogP contribution in [0.25, 0.3) is 0 Å². The predicted octanol–water partition coefficient (Wildman–Crippen LogP) is -1.38. The number of aryl methyl sites for hydroxylation is 2. The smallest absolute Gasteiger partial charge is 0.328 e. The lowest BCUT2D eigenvalue weighted by atomic mass is 9.97. The van der Waals surface area contributed by atoms with Gasteiger partial charge in [0.2, 0.25) is 0 Å². The highest BCUT2D eigenvalue weighted by Gasteiger charge is 2.39. The van der Waals surface area contributed by atoms with Gasteiger partial charge in [-0.25, -0.2) is 4.79 Å². The summed E-state index contributed by atoms with van der Waals surface area (Å²) in [5.41, 5.74) is 0.361. The summed E-state index contributed by atoms with van der Waals surface area (Å²) in [5.74, 6) is -0.286. The maximum absolute atomic E-state index is 12.6. The molecule has 3 heterocycles. The Labute approximate surface area is 172 Å². The van der Waals surface area contributed by atoms with Gasteiger partial charge in [0.05, 0.1) is 24.9 Å². The molecule has 3 rings (SSSR count). The van der Waals surface area contributed by atoms with E-state index >= 15 is 0 Å². The van der Waals surface area contributed by atoms with Crippen molar-refractivity contribution in [3.63, 3.8) is 0 Å². The predicted molar refractivity (Wildman–Crippen MR) is 106 cm³/mol. The van der Waals surface area contributed by atoms with Gasteiger partial charge in [-0.05, 0) is 18.9 Å². The van der Waals surface area contributed by atoms with Crippen molar-refractivity contribution < 1.29 is 19.7 Å². The second-order valence-electron chi connectivity index (χ2n) is 7.86. The van der Waals surface area contributed by atoms with E-state index in [9.17, 15) is 24.6 Å². The summed E-state index contributed by atoms with van der Waals surface area (Å²) in [7, 11) is 1.66. The van der Waals surface area contributed by atoms with Crippen LogP contribution in [0.15, 0.2) is 21.7 Å². The molecule has 1 saturated heterocycles. The van der Waals surface area contributed by atoms with Crippen molar-refractivity contribution in [1.29, 1.82) is 0 Å². The van der Waals surface area contributed by atoms with Gasteiger partial charge in [0, 0.05) is 18.8 Å². The van der Waals surface area contributed by atoms with Crippen molar-refractivity contribution in [2.24, 2.45) is 7.05 Å². The van der Waals surface area contributed by atoms with Crippen molar-refractivity contribution >= 4 is 5.91 Å². The molecule has 1 amide bonds. The summed E-state index contributed by atoms with van der Waals surface area (Å²) >= 11 is 0. The third-order valence-electron chi connectivity index (χ3n) is 5.28. The number of aromatic amines is 1. The van der Waals surface area contributed by atoms with Crippen LogP contribution < -0.4 is 16.6 Å². The van der Waals surface area contributed by atoms with Gasteiger partial charge in [0.1, 0.15) is 24.0 Å². The van der Waals surface area contributed by atoms with E-state index in [1.54, 1.807) is 20.0 Å². The summed E-state index contributed by atoms with van der Waals surface area (Å²) in [6, 6.07) is 2.10. The van der Waals surface area contributed by atoms with Crippen LogP contribution >= 0.6 is 0 Å². The second kappa shape index (κ2) is 8.54. The standard InChI is InChI=1S/C19H27N5O6/c1-9(2)11-6-13(23(4)22-11)18(28)20-12-8-30-14(17(27)16(12)26)7-24-10(3)5-15(25)21-19(24)29/h5-6,9,12,14,16-17,26-27H,7-8H2,1-4H3,(H,20,28)(H,21,25,29)/t12-,14-,16+,17-/m1/s1. The Bertz CT molecular complexity index is 1040. The maximum Gasteiger partial charge on any atom is 0.328 e. The van der Waals surface area contributed by atoms with Gasteiger partial charge in [-0.15, -0.1) is 0 Å². The van der Waals surface area contributed by atoms with E-state index < -0.39 is 41.5 Å². The van der Waals surface area contributed by atoms with Crippen molar-refractivity contribution in [3.8, 4) is 0 Å². The molecule has 0 bridgehead atoms. The molecule has 2 aromatic heterocycles. The molecule has 0 aromatic carbocycles. The molecule has 4 N–H and O–H groups in total. The first-order valence-electron chi connectivity index (χ1n) is 9.71. The SMILES string of the molecule is Cc1cc(=O)[nH]c(=O)n1C[C@H]1OC[C@@H](NC(=O)c2cc(C(C)C)nn2C)[C@H](O)[C@@H]1O. The number of amides is 1. The lowest BCUT2D eigenvalue weighted by Crippen LogP contribution is -2.60. The number of ether oxygens (including phenoxy) is 1. The molecule has 1 aliphatic rings. The summed E-state index contributed by atoms with van der Waals surface area (Å²) < 4.78 is 8.35. The number of hydrogen-bond donors (Lipinski definition) is 4. The zero-order valence-electron chi connectivity index (χ0n) is 17.3. The average Bonchev–Trinajstić information content (AvgIpc) is 3.05. The van der Waals surface area contributed by atoms with E-state index in [1.807, 2.05) is 13.8 Å². The number of hydrogen-bond acceptors (Lipinski definition) is 7. The van der Waals surface area contributed by atoms with E-state index in [-0.39, 0.29) is 19.1 Å². The van der Waals surface area contributed by atoms with Gasteiger partial charge in [0.15, 0.2) is 0 Å². The lowest BCUT2D eigenvalue weighted by molar-refractivity contribution is -0.152. The highest BCUT2D eigenvalue weighted by molar-refractivity contribution is 5.93. The van der Waals surface area contributed by atoms with Crippen LogP contribution in [-0.4, -0.2) is 66.4 Å². The lowest BCUT2D eigenvalue weighted by Gasteiger charge is -2.38. The molecule has 30 heavy (non-hydrogen) atoms. The Hall–Kier alpha value is -2.76. The Morgan fingerprint density at radius 1 is 1.33 bits per heavy atom. The van der Waals surface area contributed by atoms with Gasteiger partial charge in [-0.3, -0.25) is 23.8 Å². The average molecular weight is 421 g/mol. The molecular weight excluding hydrogens is 394 g/mol. The molecule has 0 spiro atoms. The van der Waals surface area contributed by atoms with E-state index in [0.29, 0.717) is 11.4 Å². The van der Waals surface area contributed by atoms with E-state index in [2.05, 4.69) is 15.4 Å². The number of H-pyrrole nitrogens is 1. The second-order valence-corrected chi connectivity index (χ2v) is 7.86. The van der Waals surface area contributed by atoms with E-state index in [4.69, 9.17) is 4.74 Å². The zero-order chi connectivity index (χ0) is 22.2. The number of aliphatic hydroxyl groups is 2. The minimum absolute atomic E-state index is 0.0549. The van der Waals surface area contributed by atoms with Crippen molar-refractivity contribution in [3.05, 3.63) is 50.1 Å². The van der Waals surface area contributed by atoms with Gasteiger partial charge >= 0.3 is 5.69 Å². The number of nitrogens with zero attached hydrogens (tertiary/aromatic N) is 3. The third kappa shape index (κ3) is 4.37. The summed E-state index contributed by atoms with van der Waals surface area (Å²) in [6.07, 6.45) is -3.54. The molecule has 1 aliphatic heterocycles. The van der Waals surface area contributed by atoms with E-state index in [0.717, 1.165) is 5.69 Å². The van der Waals surface area contributed by atoms with Crippen LogP contribution in [0, 0.1) is 6.92 Å². The summed E-state index contributed by atoms with van der Waals surface area (Å²) in [4.78, 5) is 38.1. The fourth-order valence-electron chi connectivity index (χ4n) is 3.44. The molecule has 1 fully saturated rings. The molecule has 0 unspecified atom stereocenters. The summed E-state index contributed by atoms with van der Waals surface area (Å²) in [5, 5.41) is 28.0. The number of nitrogens with one attached hydrogen (secondary N) is 2. The molecule has 164 valence electrons. The number of aliphatic hydroxyl groups excluding tert-OH is 2. The van der Waals surface area contributed by atoms with Crippen LogP contribution in [0.1, 0.15) is 41.6 Å². The minimum atomic E-state index is -1.35. The van der Waals surface area contributed by atoms with Gasteiger partial charge in [-0.1, -0.05) is 13.8 Å². The highest BCUT2D eigenvalue weighted by Crippen LogP contribution is 2.19. The fraction of sp³-hybridized carbons (Fsp3) is 0.579. The Morgan fingerprint density at radius 2 is 2.03 bits per heavy atom. The van der Waals surface area contributed by atoms with Crippen molar-refractivity contribution in [2.45, 2.75) is 57.6 Å². The fourth-order valence-corrected chi connectivity index (χ4v) is 3.44. The monoisotopic (exact) mass is 421 g/mol. The van der Waals surface area contributed by atoms with Crippen LogP contribution in [0.4, 0.5) is 0 Å². The minimum Gasteiger partial charge on any atom is -0.388 e. The van der Waals surface area contributed by atoms with Gasteiger partial charge in [0.25, 0.3) is 11.5 Å². The topological polar surface area (TPSA) is 151 Å². The molecular formula is C19H27N5O6.